The zero-order valence-electron chi connectivity index (χ0n) is 23.4. The molecule has 2 aromatic carbocycles. The number of aliphatic hydroxyl groups excluding tert-OH is 1. The molecule has 1 N–H and O–H groups in total. The van der Waals surface area contributed by atoms with Crippen LogP contribution in [-0.4, -0.2) is 62.6 Å². The molecule has 0 bridgehead atoms. The summed E-state index contributed by atoms with van der Waals surface area (Å²) >= 11 is 0. The van der Waals surface area contributed by atoms with E-state index in [4.69, 9.17) is 23.4 Å². The summed E-state index contributed by atoms with van der Waals surface area (Å²) in [5.74, 6) is -0.826. The van der Waals surface area contributed by atoms with Gasteiger partial charge in [-0.1, -0.05) is 94.8 Å². The number of ether oxygens (including phenoxy) is 4. The van der Waals surface area contributed by atoms with Crippen molar-refractivity contribution in [3.8, 4) is 0 Å². The Labute approximate surface area is 223 Å². The Bertz CT molecular complexity index is 968. The quantitative estimate of drug-likeness (QED) is 0.365. The maximum Gasteiger partial charge on any atom is 0.261 e. The molecule has 2 heterocycles. The van der Waals surface area contributed by atoms with Crippen molar-refractivity contribution in [1.29, 1.82) is 0 Å². The fourth-order valence-corrected chi connectivity index (χ4v) is 10.3. The van der Waals surface area contributed by atoms with Crippen molar-refractivity contribution in [1.82, 2.24) is 0 Å². The van der Waals surface area contributed by atoms with E-state index < -0.39 is 44.3 Å². The number of unbranched alkanes of at least 4 members (excludes halogenated alkanes) is 1. The Morgan fingerprint density at radius 3 is 2.00 bits per heavy atom. The second-order valence-electron chi connectivity index (χ2n) is 11.8. The number of benzene rings is 2. The Kier molecular flexibility index (Phi) is 8.36. The first-order valence-corrected chi connectivity index (χ1v) is 15.5. The maximum absolute atomic E-state index is 11.7. The predicted molar refractivity (Wildman–Crippen MR) is 148 cm³/mol. The molecule has 2 aromatic rings. The van der Waals surface area contributed by atoms with Crippen LogP contribution in [0.25, 0.3) is 0 Å². The van der Waals surface area contributed by atoms with Gasteiger partial charge in [0.05, 0.1) is 12.7 Å². The molecule has 2 saturated heterocycles. The van der Waals surface area contributed by atoms with Crippen LogP contribution in [0.4, 0.5) is 0 Å². The minimum absolute atomic E-state index is 0.148. The van der Waals surface area contributed by atoms with E-state index in [0.717, 1.165) is 12.8 Å². The van der Waals surface area contributed by atoms with Gasteiger partial charge in [0.15, 0.2) is 12.1 Å². The third-order valence-corrected chi connectivity index (χ3v) is 12.7. The SMILES string of the molecule is CCCCO[C@H](C)[C@]1(CO[Si](c2ccccc2)(c2ccccc2)C(C)(C)C)O[C@@H]2OC(C)(C)O[C@@H]2[C@@H]1O. The maximum atomic E-state index is 11.7. The molecular weight excluding hydrogens is 484 g/mol. The fourth-order valence-electron chi connectivity index (χ4n) is 5.73. The molecule has 0 spiro atoms. The average Bonchev–Trinajstić information content (AvgIpc) is 3.29. The number of rotatable bonds is 10. The van der Waals surface area contributed by atoms with Crippen molar-refractivity contribution >= 4 is 18.7 Å². The first kappa shape index (κ1) is 28.4. The summed E-state index contributed by atoms with van der Waals surface area (Å²) in [6, 6.07) is 21.0. The third-order valence-electron chi connectivity index (χ3n) is 7.72. The van der Waals surface area contributed by atoms with Crippen LogP contribution in [0.3, 0.4) is 0 Å². The van der Waals surface area contributed by atoms with Gasteiger partial charge >= 0.3 is 0 Å². The Morgan fingerprint density at radius 2 is 1.51 bits per heavy atom. The Morgan fingerprint density at radius 1 is 0.946 bits per heavy atom. The molecule has 0 amide bonds. The molecule has 5 atom stereocenters. The highest BCUT2D eigenvalue weighted by atomic mass is 28.4. The van der Waals surface area contributed by atoms with Crippen LogP contribution >= 0.6 is 0 Å². The van der Waals surface area contributed by atoms with Gasteiger partial charge in [0.25, 0.3) is 8.32 Å². The van der Waals surface area contributed by atoms with Gasteiger partial charge in [0.2, 0.25) is 0 Å². The van der Waals surface area contributed by atoms with E-state index in [2.05, 4.69) is 76.2 Å². The van der Waals surface area contributed by atoms with Gasteiger partial charge < -0.3 is 28.5 Å². The second-order valence-corrected chi connectivity index (χ2v) is 16.1. The molecule has 7 heteroatoms. The summed E-state index contributed by atoms with van der Waals surface area (Å²) in [7, 11) is -2.87. The van der Waals surface area contributed by atoms with Crippen LogP contribution in [0.1, 0.15) is 61.3 Å². The zero-order chi connectivity index (χ0) is 26.9. The molecule has 0 unspecified atom stereocenters. The standard InChI is InChI=1S/C30H44O6Si/c1-8-9-20-32-22(2)30(26(31)25-27(36-30)35-29(6,7)34-25)21-33-37(28(3,4)5,23-16-12-10-13-17-23)24-18-14-11-15-19-24/h10-19,22,25-27,31H,8-9,20-21H2,1-7H3/t22-,25-,26+,27+,30+/m1/s1. The van der Waals surface area contributed by atoms with Gasteiger partial charge in [-0.25, -0.2) is 0 Å². The molecule has 4 rings (SSSR count). The van der Waals surface area contributed by atoms with Gasteiger partial charge in [-0.2, -0.15) is 0 Å². The van der Waals surface area contributed by atoms with Gasteiger partial charge in [-0.05, 0) is 42.6 Å². The first-order valence-electron chi connectivity index (χ1n) is 13.5. The fraction of sp³-hybridized carbons (Fsp3) is 0.600. The molecule has 6 nitrogen and oxygen atoms in total. The number of hydrogen-bond acceptors (Lipinski definition) is 6. The van der Waals surface area contributed by atoms with Crippen LogP contribution in [0.2, 0.25) is 5.04 Å². The van der Waals surface area contributed by atoms with Crippen molar-refractivity contribution in [2.24, 2.45) is 0 Å². The minimum Gasteiger partial charge on any atom is -0.404 e. The lowest BCUT2D eigenvalue weighted by Gasteiger charge is -2.46. The topological polar surface area (TPSA) is 66.4 Å². The van der Waals surface area contributed by atoms with Crippen molar-refractivity contribution in [2.45, 2.75) is 102 Å². The highest BCUT2D eigenvalue weighted by Gasteiger charge is 2.65. The summed E-state index contributed by atoms with van der Waals surface area (Å²) in [6.45, 7) is 15.2. The van der Waals surface area contributed by atoms with Crippen LogP contribution in [0, 0.1) is 0 Å². The molecule has 37 heavy (non-hydrogen) atoms. The Balaban J connectivity index is 1.75. The first-order chi connectivity index (χ1) is 17.5. The van der Waals surface area contributed by atoms with Crippen molar-refractivity contribution in [2.75, 3.05) is 13.2 Å². The van der Waals surface area contributed by atoms with Crippen molar-refractivity contribution < 1.29 is 28.5 Å². The summed E-state index contributed by atoms with van der Waals surface area (Å²) in [5.41, 5.74) is -1.15. The third kappa shape index (κ3) is 5.32. The molecule has 0 aliphatic carbocycles. The average molecular weight is 529 g/mol. The lowest BCUT2D eigenvalue weighted by atomic mass is 9.90. The van der Waals surface area contributed by atoms with Gasteiger partial charge in [-0.3, -0.25) is 0 Å². The van der Waals surface area contributed by atoms with Crippen molar-refractivity contribution in [3.05, 3.63) is 60.7 Å². The molecule has 2 aliphatic heterocycles. The lowest BCUT2D eigenvalue weighted by Crippen LogP contribution is -2.69. The monoisotopic (exact) mass is 528 g/mol. The molecule has 0 aromatic heterocycles. The van der Waals surface area contributed by atoms with Gasteiger partial charge in [0, 0.05) is 6.61 Å². The Hall–Kier alpha value is -1.58. The number of aliphatic hydroxyl groups is 1. The smallest absolute Gasteiger partial charge is 0.261 e. The summed E-state index contributed by atoms with van der Waals surface area (Å²) in [5, 5.41) is 13.9. The van der Waals surface area contributed by atoms with E-state index >= 15 is 0 Å². The molecule has 0 radical (unpaired) electrons. The van der Waals surface area contributed by atoms with Crippen LogP contribution in [-0.2, 0) is 23.4 Å². The van der Waals surface area contributed by atoms with Crippen molar-refractivity contribution in [3.63, 3.8) is 0 Å². The molecule has 2 aliphatic rings. The normalized spacial score (nSPS) is 28.3. The largest absolute Gasteiger partial charge is 0.404 e. The second kappa shape index (κ2) is 10.9. The molecule has 204 valence electrons. The number of hydrogen-bond donors (Lipinski definition) is 1. The lowest BCUT2D eigenvalue weighted by molar-refractivity contribution is -0.267. The van der Waals surface area contributed by atoms with E-state index in [9.17, 15) is 5.11 Å². The molecule has 2 fully saturated rings. The van der Waals surface area contributed by atoms with Gasteiger partial charge in [0.1, 0.15) is 17.8 Å². The summed E-state index contributed by atoms with van der Waals surface area (Å²) in [4.78, 5) is 0. The highest BCUT2D eigenvalue weighted by molar-refractivity contribution is 6.99. The van der Waals surface area contributed by atoms with E-state index in [-0.39, 0.29) is 11.6 Å². The zero-order valence-corrected chi connectivity index (χ0v) is 24.4. The van der Waals surface area contributed by atoms with Crippen LogP contribution < -0.4 is 10.4 Å². The van der Waals surface area contributed by atoms with Crippen LogP contribution in [0.15, 0.2) is 60.7 Å². The summed E-state index contributed by atoms with van der Waals surface area (Å²) < 4.78 is 32.2. The molecule has 0 saturated carbocycles. The molecular formula is C30H44O6Si. The highest BCUT2D eigenvalue weighted by Crippen LogP contribution is 2.46. The van der Waals surface area contributed by atoms with E-state index in [1.807, 2.05) is 32.9 Å². The summed E-state index contributed by atoms with van der Waals surface area (Å²) in [6.07, 6.45) is -0.769. The van der Waals surface area contributed by atoms with Gasteiger partial charge in [-0.15, -0.1) is 0 Å². The van der Waals surface area contributed by atoms with Crippen LogP contribution in [0.5, 0.6) is 0 Å². The van der Waals surface area contributed by atoms with E-state index in [0.29, 0.717) is 6.61 Å². The van der Waals surface area contributed by atoms with E-state index in [1.54, 1.807) is 0 Å². The minimum atomic E-state index is -2.87. The predicted octanol–water partition coefficient (Wildman–Crippen LogP) is 4.38. The number of fused-ring (bicyclic) bond motifs is 1. The van der Waals surface area contributed by atoms with E-state index in [1.165, 1.54) is 10.4 Å².